The smallest absolute Gasteiger partial charge is 0.264 e. The van der Waals surface area contributed by atoms with Gasteiger partial charge in [-0.3, -0.25) is 9.10 Å². The standard InChI is InChI=1S/C17H17BrN2O3S/c1-2-19-17(21)13-3-8-16-12(11-13)9-10-20(16)24(22,23)15-6-4-14(18)5-7-15/h3-8,11H,2,9-10H2,1H3,(H,19,21). The van der Waals surface area contributed by atoms with E-state index in [0.29, 0.717) is 30.8 Å². The number of amides is 1. The molecule has 126 valence electrons. The second-order valence-electron chi connectivity index (χ2n) is 5.48. The first-order chi connectivity index (χ1) is 11.4. The highest BCUT2D eigenvalue weighted by Crippen LogP contribution is 2.33. The van der Waals surface area contributed by atoms with E-state index in [1.54, 1.807) is 42.5 Å². The van der Waals surface area contributed by atoms with Gasteiger partial charge >= 0.3 is 0 Å². The van der Waals surface area contributed by atoms with Crippen molar-refractivity contribution >= 4 is 37.5 Å². The van der Waals surface area contributed by atoms with Crippen LogP contribution in [0.2, 0.25) is 0 Å². The van der Waals surface area contributed by atoms with Gasteiger partial charge in [-0.15, -0.1) is 0 Å². The summed E-state index contributed by atoms with van der Waals surface area (Å²) in [6.07, 6.45) is 0.596. The molecule has 0 spiro atoms. The number of fused-ring (bicyclic) bond motifs is 1. The maximum atomic E-state index is 12.9. The first-order valence-electron chi connectivity index (χ1n) is 7.63. The number of nitrogens with zero attached hydrogens (tertiary/aromatic N) is 1. The molecule has 5 nitrogen and oxygen atoms in total. The summed E-state index contributed by atoms with van der Waals surface area (Å²) in [6, 6.07) is 11.7. The number of benzene rings is 2. The maximum Gasteiger partial charge on any atom is 0.264 e. The van der Waals surface area contributed by atoms with Crippen molar-refractivity contribution in [3.8, 4) is 0 Å². The first-order valence-corrected chi connectivity index (χ1v) is 9.86. The largest absolute Gasteiger partial charge is 0.352 e. The van der Waals surface area contributed by atoms with E-state index in [1.165, 1.54) is 4.31 Å². The van der Waals surface area contributed by atoms with Gasteiger partial charge in [-0.1, -0.05) is 15.9 Å². The second-order valence-corrected chi connectivity index (χ2v) is 8.26. The fraction of sp³-hybridized carbons (Fsp3) is 0.235. The summed E-state index contributed by atoms with van der Waals surface area (Å²) in [5.41, 5.74) is 2.07. The van der Waals surface area contributed by atoms with Crippen molar-refractivity contribution in [1.82, 2.24) is 5.32 Å². The van der Waals surface area contributed by atoms with Crippen molar-refractivity contribution in [3.05, 3.63) is 58.1 Å². The quantitative estimate of drug-likeness (QED) is 0.845. The topological polar surface area (TPSA) is 66.5 Å². The highest BCUT2D eigenvalue weighted by molar-refractivity contribution is 9.10. The van der Waals surface area contributed by atoms with Gasteiger partial charge in [0.1, 0.15) is 0 Å². The van der Waals surface area contributed by atoms with E-state index in [0.717, 1.165) is 10.0 Å². The Morgan fingerprint density at radius 1 is 1.21 bits per heavy atom. The van der Waals surface area contributed by atoms with Gasteiger partial charge in [-0.25, -0.2) is 8.42 Å². The second kappa shape index (κ2) is 6.57. The number of hydrogen-bond donors (Lipinski definition) is 1. The molecular weight excluding hydrogens is 392 g/mol. The van der Waals surface area contributed by atoms with Crippen LogP contribution in [0.4, 0.5) is 5.69 Å². The number of carbonyl (C=O) groups is 1. The van der Waals surface area contributed by atoms with Gasteiger partial charge in [-0.05, 0) is 61.4 Å². The van der Waals surface area contributed by atoms with E-state index in [4.69, 9.17) is 0 Å². The minimum Gasteiger partial charge on any atom is -0.352 e. The molecular formula is C17H17BrN2O3S. The number of rotatable bonds is 4. The molecule has 0 unspecified atom stereocenters. The van der Waals surface area contributed by atoms with E-state index < -0.39 is 10.0 Å². The van der Waals surface area contributed by atoms with Crippen molar-refractivity contribution in [1.29, 1.82) is 0 Å². The predicted molar refractivity (Wildman–Crippen MR) is 96.8 cm³/mol. The van der Waals surface area contributed by atoms with E-state index in [-0.39, 0.29) is 10.8 Å². The van der Waals surface area contributed by atoms with E-state index in [9.17, 15) is 13.2 Å². The Bertz CT molecular complexity index is 879. The maximum absolute atomic E-state index is 12.9. The third-order valence-electron chi connectivity index (χ3n) is 3.93. The van der Waals surface area contributed by atoms with Gasteiger partial charge in [-0.2, -0.15) is 0 Å². The molecule has 0 fully saturated rings. The number of hydrogen-bond acceptors (Lipinski definition) is 3. The molecule has 1 aliphatic rings. The minimum atomic E-state index is -3.60. The van der Waals surface area contributed by atoms with Crippen LogP contribution in [0.25, 0.3) is 0 Å². The molecule has 24 heavy (non-hydrogen) atoms. The van der Waals surface area contributed by atoms with Crippen LogP contribution in [0, 0.1) is 0 Å². The van der Waals surface area contributed by atoms with Crippen molar-refractivity contribution in [2.24, 2.45) is 0 Å². The highest BCUT2D eigenvalue weighted by atomic mass is 79.9. The molecule has 1 amide bonds. The lowest BCUT2D eigenvalue weighted by Crippen LogP contribution is -2.29. The number of sulfonamides is 1. The zero-order chi connectivity index (χ0) is 17.3. The van der Waals surface area contributed by atoms with Crippen LogP contribution < -0.4 is 9.62 Å². The Morgan fingerprint density at radius 3 is 2.58 bits per heavy atom. The summed E-state index contributed by atoms with van der Waals surface area (Å²) in [5, 5.41) is 2.75. The third-order valence-corrected chi connectivity index (χ3v) is 6.29. The Balaban J connectivity index is 1.94. The Kier molecular flexibility index (Phi) is 4.64. The van der Waals surface area contributed by atoms with Crippen LogP contribution in [-0.4, -0.2) is 27.4 Å². The van der Waals surface area contributed by atoms with Crippen LogP contribution in [0.1, 0.15) is 22.8 Å². The third kappa shape index (κ3) is 3.06. The fourth-order valence-electron chi connectivity index (χ4n) is 2.76. The molecule has 2 aromatic carbocycles. The molecule has 3 rings (SSSR count). The van der Waals surface area contributed by atoms with Crippen molar-refractivity contribution in [3.63, 3.8) is 0 Å². The van der Waals surface area contributed by atoms with Crippen LogP contribution in [0.3, 0.4) is 0 Å². The van der Waals surface area contributed by atoms with Gasteiger partial charge in [0.05, 0.1) is 10.6 Å². The van der Waals surface area contributed by atoms with Crippen LogP contribution in [0.15, 0.2) is 51.8 Å². The predicted octanol–water partition coefficient (Wildman–Crippen LogP) is 2.95. The lowest BCUT2D eigenvalue weighted by atomic mass is 10.1. The lowest BCUT2D eigenvalue weighted by Gasteiger charge is -2.19. The summed E-state index contributed by atoms with van der Waals surface area (Å²) in [7, 11) is -3.60. The van der Waals surface area contributed by atoms with Crippen LogP contribution >= 0.6 is 15.9 Å². The number of halogens is 1. The summed E-state index contributed by atoms with van der Waals surface area (Å²) < 4.78 is 28.0. The summed E-state index contributed by atoms with van der Waals surface area (Å²) in [4.78, 5) is 12.2. The summed E-state index contributed by atoms with van der Waals surface area (Å²) in [6.45, 7) is 2.80. The first kappa shape index (κ1) is 17.0. The molecule has 0 aliphatic carbocycles. The summed E-state index contributed by atoms with van der Waals surface area (Å²) >= 11 is 3.31. The van der Waals surface area contributed by atoms with E-state index in [2.05, 4.69) is 21.2 Å². The summed E-state index contributed by atoms with van der Waals surface area (Å²) in [5.74, 6) is -0.144. The molecule has 2 aromatic rings. The molecule has 0 aromatic heterocycles. The normalized spacial score (nSPS) is 13.7. The van der Waals surface area contributed by atoms with Crippen LogP contribution in [0.5, 0.6) is 0 Å². The average Bonchev–Trinajstić information content (AvgIpc) is 2.99. The fourth-order valence-corrected chi connectivity index (χ4v) is 4.53. The highest BCUT2D eigenvalue weighted by Gasteiger charge is 2.31. The molecule has 0 saturated carbocycles. The number of nitrogens with one attached hydrogen (secondary N) is 1. The molecule has 1 aliphatic heterocycles. The molecule has 1 heterocycles. The molecule has 1 N–H and O–H groups in total. The molecule has 7 heteroatoms. The Morgan fingerprint density at radius 2 is 1.92 bits per heavy atom. The molecule has 0 bridgehead atoms. The van der Waals surface area contributed by atoms with Crippen molar-refractivity contribution in [2.45, 2.75) is 18.2 Å². The molecule has 0 atom stereocenters. The van der Waals surface area contributed by atoms with Gasteiger partial charge in [0, 0.05) is 23.1 Å². The van der Waals surface area contributed by atoms with Gasteiger partial charge < -0.3 is 5.32 Å². The average molecular weight is 409 g/mol. The van der Waals surface area contributed by atoms with Gasteiger partial charge in [0.2, 0.25) is 0 Å². The molecule has 0 saturated heterocycles. The van der Waals surface area contributed by atoms with Gasteiger partial charge in [0.15, 0.2) is 0 Å². The Hall–Kier alpha value is -1.86. The lowest BCUT2D eigenvalue weighted by molar-refractivity contribution is 0.0955. The van der Waals surface area contributed by atoms with Gasteiger partial charge in [0.25, 0.3) is 15.9 Å². The minimum absolute atomic E-state index is 0.144. The number of carbonyl (C=O) groups excluding carboxylic acids is 1. The van der Waals surface area contributed by atoms with E-state index >= 15 is 0 Å². The monoisotopic (exact) mass is 408 g/mol. The van der Waals surface area contributed by atoms with E-state index in [1.807, 2.05) is 6.92 Å². The Labute approximate surface area is 149 Å². The van der Waals surface area contributed by atoms with Crippen molar-refractivity contribution < 1.29 is 13.2 Å². The number of anilines is 1. The molecule has 0 radical (unpaired) electrons. The van der Waals surface area contributed by atoms with Crippen LogP contribution in [-0.2, 0) is 16.4 Å². The zero-order valence-electron chi connectivity index (χ0n) is 13.1. The van der Waals surface area contributed by atoms with Crippen molar-refractivity contribution in [2.75, 3.05) is 17.4 Å². The SMILES string of the molecule is CCNC(=O)c1ccc2c(c1)CCN2S(=O)(=O)c1ccc(Br)cc1. The zero-order valence-corrected chi connectivity index (χ0v) is 15.5.